The van der Waals surface area contributed by atoms with Gasteiger partial charge in [0, 0.05) is 5.92 Å². The van der Waals surface area contributed by atoms with E-state index < -0.39 is 17.7 Å². The molecule has 0 aliphatic rings. The molecule has 1 N–H and O–H groups in total. The number of amides is 1. The first-order valence-electron chi connectivity index (χ1n) is 6.79. The second-order valence-electron chi connectivity index (χ2n) is 6.05. The van der Waals surface area contributed by atoms with E-state index in [2.05, 4.69) is 5.32 Å². The quantitative estimate of drug-likeness (QED) is 0.916. The van der Waals surface area contributed by atoms with Gasteiger partial charge in [0.05, 0.1) is 0 Å². The average molecular weight is 277 g/mol. The fourth-order valence-electron chi connectivity index (χ4n) is 1.72. The monoisotopic (exact) mass is 277 g/mol. The van der Waals surface area contributed by atoms with Crippen molar-refractivity contribution < 1.29 is 14.3 Å². The van der Waals surface area contributed by atoms with E-state index in [1.807, 2.05) is 44.2 Å². The maximum Gasteiger partial charge on any atom is 0.408 e. The number of carbonyl (C=O) groups is 2. The number of rotatable bonds is 4. The van der Waals surface area contributed by atoms with Crippen LogP contribution in [0.25, 0.3) is 0 Å². The number of hydrogen-bond donors (Lipinski definition) is 1. The Balaban J connectivity index is 2.90. The fraction of sp³-hybridized carbons (Fsp3) is 0.500. The smallest absolute Gasteiger partial charge is 0.408 e. The first-order chi connectivity index (χ1) is 9.20. The molecule has 0 aliphatic heterocycles. The molecule has 0 saturated heterocycles. The number of ether oxygens (including phenoxy) is 1. The van der Waals surface area contributed by atoms with E-state index in [0.29, 0.717) is 0 Å². The lowest BCUT2D eigenvalue weighted by molar-refractivity contribution is -0.124. The summed E-state index contributed by atoms with van der Waals surface area (Å²) in [6, 6.07) is 8.52. The van der Waals surface area contributed by atoms with Crippen molar-refractivity contribution in [2.45, 2.75) is 46.3 Å². The summed E-state index contributed by atoms with van der Waals surface area (Å²) < 4.78 is 5.22. The molecule has 4 heteroatoms. The van der Waals surface area contributed by atoms with E-state index in [0.717, 1.165) is 5.56 Å². The minimum absolute atomic E-state index is 0.0398. The Kier molecular flexibility index (Phi) is 5.31. The summed E-state index contributed by atoms with van der Waals surface area (Å²) >= 11 is 0. The highest BCUT2D eigenvalue weighted by Crippen LogP contribution is 2.19. The van der Waals surface area contributed by atoms with Crippen LogP contribution in [0.5, 0.6) is 0 Å². The maximum absolute atomic E-state index is 12.3. The molecule has 0 aromatic heterocycles. The van der Waals surface area contributed by atoms with Gasteiger partial charge in [0.15, 0.2) is 5.78 Å². The lowest BCUT2D eigenvalue weighted by Gasteiger charge is -2.24. The van der Waals surface area contributed by atoms with E-state index in [1.165, 1.54) is 0 Å². The zero-order valence-electron chi connectivity index (χ0n) is 12.8. The summed E-state index contributed by atoms with van der Waals surface area (Å²) in [4.78, 5) is 24.2. The highest BCUT2D eigenvalue weighted by molar-refractivity contribution is 5.89. The van der Waals surface area contributed by atoms with Crippen LogP contribution < -0.4 is 5.32 Å². The molecule has 0 bridgehead atoms. The third-order valence-corrected chi connectivity index (χ3v) is 2.65. The van der Waals surface area contributed by atoms with Gasteiger partial charge in [0.1, 0.15) is 11.6 Å². The third kappa shape index (κ3) is 5.03. The summed E-state index contributed by atoms with van der Waals surface area (Å²) in [5.41, 5.74) is 0.170. The summed E-state index contributed by atoms with van der Waals surface area (Å²) in [6.45, 7) is 8.99. The van der Waals surface area contributed by atoms with E-state index in [9.17, 15) is 9.59 Å². The standard InChI is InChI=1S/C16H23NO3/c1-11(2)14(18)13(12-9-7-6-8-10-12)17-15(19)20-16(3,4)5/h6-11,13H,1-5H3,(H,17,19)/t13-/m0/s1. The largest absolute Gasteiger partial charge is 0.444 e. The van der Waals surface area contributed by atoms with Gasteiger partial charge in [0.2, 0.25) is 0 Å². The minimum atomic E-state index is -0.675. The normalized spacial score (nSPS) is 12.9. The third-order valence-electron chi connectivity index (χ3n) is 2.65. The Morgan fingerprint density at radius 1 is 1.10 bits per heavy atom. The van der Waals surface area contributed by atoms with Crippen molar-refractivity contribution in [1.82, 2.24) is 5.32 Å². The molecule has 1 amide bonds. The zero-order chi connectivity index (χ0) is 15.3. The highest BCUT2D eigenvalue weighted by atomic mass is 16.6. The summed E-state index contributed by atoms with van der Waals surface area (Å²) in [7, 11) is 0. The summed E-state index contributed by atoms with van der Waals surface area (Å²) in [6.07, 6.45) is -0.583. The average Bonchev–Trinajstić information content (AvgIpc) is 2.34. The topological polar surface area (TPSA) is 55.4 Å². The van der Waals surface area contributed by atoms with Crippen molar-refractivity contribution in [3.63, 3.8) is 0 Å². The van der Waals surface area contributed by atoms with Crippen LogP contribution in [-0.4, -0.2) is 17.5 Å². The van der Waals surface area contributed by atoms with E-state index in [1.54, 1.807) is 20.8 Å². The maximum atomic E-state index is 12.3. The van der Waals surface area contributed by atoms with Crippen molar-refractivity contribution in [3.8, 4) is 0 Å². The molecule has 1 aromatic carbocycles. The first kappa shape index (κ1) is 16.2. The van der Waals surface area contributed by atoms with Crippen molar-refractivity contribution in [2.75, 3.05) is 0 Å². The molecule has 0 saturated carbocycles. The van der Waals surface area contributed by atoms with Crippen LogP contribution in [0.1, 0.15) is 46.2 Å². The molecule has 1 aromatic rings. The van der Waals surface area contributed by atoms with Crippen molar-refractivity contribution >= 4 is 11.9 Å². The van der Waals surface area contributed by atoms with Gasteiger partial charge in [-0.2, -0.15) is 0 Å². The number of hydrogen-bond acceptors (Lipinski definition) is 3. The number of nitrogens with one attached hydrogen (secondary N) is 1. The van der Waals surface area contributed by atoms with Gasteiger partial charge in [0.25, 0.3) is 0 Å². The van der Waals surface area contributed by atoms with E-state index in [4.69, 9.17) is 4.74 Å². The van der Waals surface area contributed by atoms with Crippen LogP contribution >= 0.6 is 0 Å². The number of carbonyl (C=O) groups excluding carboxylic acids is 2. The number of ketones is 1. The number of alkyl carbamates (subject to hydrolysis) is 1. The molecule has 0 heterocycles. The molecule has 0 aliphatic carbocycles. The minimum Gasteiger partial charge on any atom is -0.444 e. The molecule has 0 fully saturated rings. The van der Waals surface area contributed by atoms with Crippen LogP contribution in [-0.2, 0) is 9.53 Å². The van der Waals surface area contributed by atoms with Gasteiger partial charge in [-0.25, -0.2) is 4.79 Å². The zero-order valence-corrected chi connectivity index (χ0v) is 12.8. The van der Waals surface area contributed by atoms with Crippen LogP contribution in [0, 0.1) is 5.92 Å². The Morgan fingerprint density at radius 3 is 2.10 bits per heavy atom. The van der Waals surface area contributed by atoms with Gasteiger partial charge in [-0.05, 0) is 26.3 Å². The molecule has 0 radical (unpaired) electrons. The Labute approximate surface area is 120 Å². The highest BCUT2D eigenvalue weighted by Gasteiger charge is 2.27. The molecule has 110 valence electrons. The lowest BCUT2D eigenvalue weighted by Crippen LogP contribution is -2.39. The molecule has 0 unspecified atom stereocenters. The van der Waals surface area contributed by atoms with Crippen LogP contribution in [0.2, 0.25) is 0 Å². The Morgan fingerprint density at radius 2 is 1.65 bits per heavy atom. The molecule has 1 rings (SSSR count). The molecule has 20 heavy (non-hydrogen) atoms. The fourth-order valence-corrected chi connectivity index (χ4v) is 1.72. The van der Waals surface area contributed by atoms with Crippen LogP contribution in [0.15, 0.2) is 30.3 Å². The predicted molar refractivity (Wildman–Crippen MR) is 78.4 cm³/mol. The number of benzene rings is 1. The molecule has 0 spiro atoms. The van der Waals surface area contributed by atoms with Gasteiger partial charge in [-0.1, -0.05) is 44.2 Å². The SMILES string of the molecule is CC(C)C(=O)[C@@H](NC(=O)OC(C)(C)C)c1ccccc1. The van der Waals surface area contributed by atoms with E-state index >= 15 is 0 Å². The molecular formula is C16H23NO3. The summed E-state index contributed by atoms with van der Waals surface area (Å²) in [5.74, 6) is -0.211. The second-order valence-corrected chi connectivity index (χ2v) is 6.05. The van der Waals surface area contributed by atoms with Crippen molar-refractivity contribution in [2.24, 2.45) is 5.92 Å². The van der Waals surface area contributed by atoms with Gasteiger partial charge >= 0.3 is 6.09 Å². The molecule has 4 nitrogen and oxygen atoms in total. The molecule has 1 atom stereocenters. The Bertz CT molecular complexity index is 460. The van der Waals surface area contributed by atoms with Gasteiger partial charge in [-0.15, -0.1) is 0 Å². The predicted octanol–water partition coefficient (Wildman–Crippen LogP) is 3.48. The van der Waals surface area contributed by atoms with Gasteiger partial charge < -0.3 is 10.1 Å². The van der Waals surface area contributed by atoms with Crippen molar-refractivity contribution in [3.05, 3.63) is 35.9 Å². The summed E-state index contributed by atoms with van der Waals surface area (Å²) in [5, 5.41) is 2.66. The first-order valence-corrected chi connectivity index (χ1v) is 6.79. The van der Waals surface area contributed by atoms with Crippen LogP contribution in [0.3, 0.4) is 0 Å². The molecular weight excluding hydrogens is 254 g/mol. The second kappa shape index (κ2) is 6.55. The van der Waals surface area contributed by atoms with Crippen LogP contribution in [0.4, 0.5) is 4.79 Å². The van der Waals surface area contributed by atoms with E-state index in [-0.39, 0.29) is 11.7 Å². The number of Topliss-reactive ketones (excluding diaryl/α,β-unsaturated/α-hetero) is 1. The Hall–Kier alpha value is -1.84. The van der Waals surface area contributed by atoms with Crippen molar-refractivity contribution in [1.29, 1.82) is 0 Å². The van der Waals surface area contributed by atoms with Gasteiger partial charge in [-0.3, -0.25) is 4.79 Å². The lowest BCUT2D eigenvalue weighted by atomic mass is 9.95.